The summed E-state index contributed by atoms with van der Waals surface area (Å²) in [6, 6.07) is 19.1. The molecule has 4 heteroatoms. The molecule has 1 N–H and O–H groups in total. The van der Waals surface area contributed by atoms with Gasteiger partial charge < -0.3 is 9.88 Å². The second-order valence-electron chi connectivity index (χ2n) is 8.51. The van der Waals surface area contributed by atoms with Crippen molar-refractivity contribution < 1.29 is 4.79 Å². The Kier molecular flexibility index (Phi) is 5.14. The van der Waals surface area contributed by atoms with E-state index in [2.05, 4.69) is 82.9 Å². The van der Waals surface area contributed by atoms with Gasteiger partial charge in [-0.15, -0.1) is 0 Å². The van der Waals surface area contributed by atoms with Crippen LogP contribution in [0.2, 0.25) is 0 Å². The number of aromatic nitrogens is 2. The van der Waals surface area contributed by atoms with Crippen LogP contribution in [0.25, 0.3) is 28.0 Å². The average molecular weight is 412 g/mol. The highest BCUT2D eigenvalue weighted by atomic mass is 16.1. The molecule has 158 valence electrons. The number of imidazole rings is 1. The minimum Gasteiger partial charge on any atom is -0.351 e. The summed E-state index contributed by atoms with van der Waals surface area (Å²) in [6.45, 7) is 5.84. The monoisotopic (exact) mass is 411 g/mol. The number of carbonyl (C=O) groups is 1. The van der Waals surface area contributed by atoms with Crippen molar-refractivity contribution >= 4 is 11.6 Å². The molecule has 0 saturated heterocycles. The summed E-state index contributed by atoms with van der Waals surface area (Å²) in [5.74, 6) is 0.0102. The maximum Gasteiger partial charge on any atom is 0.268 e. The van der Waals surface area contributed by atoms with Crippen molar-refractivity contribution in [2.75, 3.05) is 6.54 Å². The fourth-order valence-electron chi connectivity index (χ4n) is 4.80. The first-order chi connectivity index (χ1) is 15.2. The van der Waals surface area contributed by atoms with Crippen LogP contribution in [0.3, 0.4) is 0 Å². The van der Waals surface area contributed by atoms with E-state index in [0.717, 1.165) is 49.0 Å². The minimum absolute atomic E-state index is 0.0102. The Morgan fingerprint density at radius 1 is 1.00 bits per heavy atom. The zero-order valence-electron chi connectivity index (χ0n) is 18.3. The molecule has 5 rings (SSSR count). The van der Waals surface area contributed by atoms with Crippen molar-refractivity contribution in [3.63, 3.8) is 0 Å². The van der Waals surface area contributed by atoms with Gasteiger partial charge in [-0.1, -0.05) is 67.1 Å². The Morgan fingerprint density at radius 2 is 1.77 bits per heavy atom. The van der Waals surface area contributed by atoms with E-state index in [-0.39, 0.29) is 5.91 Å². The molecule has 0 atom stereocenters. The second-order valence-corrected chi connectivity index (χ2v) is 8.51. The van der Waals surface area contributed by atoms with Crippen LogP contribution in [0.5, 0.6) is 0 Å². The maximum absolute atomic E-state index is 13.4. The molecule has 4 nitrogen and oxygen atoms in total. The van der Waals surface area contributed by atoms with E-state index >= 15 is 0 Å². The normalized spacial score (nSPS) is 13.4. The molecular weight excluding hydrogens is 382 g/mol. The largest absolute Gasteiger partial charge is 0.351 e. The zero-order chi connectivity index (χ0) is 21.4. The highest BCUT2D eigenvalue weighted by Gasteiger charge is 2.29. The van der Waals surface area contributed by atoms with E-state index in [0.29, 0.717) is 6.54 Å². The van der Waals surface area contributed by atoms with Gasteiger partial charge >= 0.3 is 0 Å². The first-order valence-corrected chi connectivity index (χ1v) is 11.4. The molecule has 1 amide bonds. The molecule has 3 heterocycles. The number of benzene rings is 2. The smallest absolute Gasteiger partial charge is 0.268 e. The zero-order valence-corrected chi connectivity index (χ0v) is 18.3. The fraction of sp³-hybridized carbons (Fsp3) is 0.296. The van der Waals surface area contributed by atoms with Crippen molar-refractivity contribution in [2.24, 2.45) is 0 Å². The molecule has 0 radical (unpaired) electrons. The predicted octanol–water partition coefficient (Wildman–Crippen LogP) is 5.86. The van der Waals surface area contributed by atoms with Gasteiger partial charge in [-0.2, -0.15) is 0 Å². The van der Waals surface area contributed by atoms with Crippen LogP contribution < -0.4 is 5.32 Å². The fourth-order valence-corrected chi connectivity index (χ4v) is 4.80. The molecule has 2 aromatic heterocycles. The number of nitrogens with one attached hydrogen (secondary N) is 1. The van der Waals surface area contributed by atoms with Crippen LogP contribution in [0.1, 0.15) is 47.8 Å². The van der Waals surface area contributed by atoms with Crippen molar-refractivity contribution in [3.8, 4) is 22.4 Å². The molecule has 0 fully saturated rings. The van der Waals surface area contributed by atoms with Gasteiger partial charge in [-0.3, -0.25) is 9.20 Å². The SMILES string of the molecule is CCCNC(=O)c1c(-c2ccc(C)cc2)c2c3n(c(-c4ccccc4)cn13)CCCC2. The molecule has 0 aliphatic carbocycles. The Labute approximate surface area is 183 Å². The molecule has 1 aliphatic heterocycles. The van der Waals surface area contributed by atoms with Crippen LogP contribution in [0.4, 0.5) is 0 Å². The van der Waals surface area contributed by atoms with Gasteiger partial charge in [0, 0.05) is 30.4 Å². The summed E-state index contributed by atoms with van der Waals surface area (Å²) in [4.78, 5) is 13.4. The second kappa shape index (κ2) is 8.10. The molecule has 4 aromatic rings. The van der Waals surface area contributed by atoms with Gasteiger partial charge in [0.25, 0.3) is 5.91 Å². The molecule has 0 unspecified atom stereocenters. The number of aryl methyl sites for hydroxylation is 3. The molecule has 2 aromatic carbocycles. The first-order valence-electron chi connectivity index (χ1n) is 11.4. The van der Waals surface area contributed by atoms with Gasteiger partial charge in [0.1, 0.15) is 11.3 Å². The van der Waals surface area contributed by atoms with E-state index in [1.54, 1.807) is 0 Å². The molecule has 31 heavy (non-hydrogen) atoms. The van der Waals surface area contributed by atoms with Crippen LogP contribution in [-0.4, -0.2) is 21.4 Å². The maximum atomic E-state index is 13.4. The highest BCUT2D eigenvalue weighted by molar-refractivity contribution is 6.03. The van der Waals surface area contributed by atoms with Gasteiger partial charge in [0.2, 0.25) is 0 Å². The van der Waals surface area contributed by atoms with Crippen LogP contribution in [-0.2, 0) is 13.0 Å². The van der Waals surface area contributed by atoms with E-state index < -0.39 is 0 Å². The Morgan fingerprint density at radius 3 is 2.52 bits per heavy atom. The van der Waals surface area contributed by atoms with E-state index in [1.807, 2.05) is 6.07 Å². The summed E-state index contributed by atoms with van der Waals surface area (Å²) in [5, 5.41) is 3.14. The number of nitrogens with zero attached hydrogens (tertiary/aromatic N) is 2. The number of carbonyl (C=O) groups excluding carboxylic acids is 1. The Balaban J connectivity index is 1.81. The van der Waals surface area contributed by atoms with Crippen LogP contribution in [0, 0.1) is 6.92 Å². The van der Waals surface area contributed by atoms with Gasteiger partial charge in [0.05, 0.1) is 5.69 Å². The number of amides is 1. The number of hydrogen-bond acceptors (Lipinski definition) is 1. The topological polar surface area (TPSA) is 38.4 Å². The lowest BCUT2D eigenvalue weighted by molar-refractivity contribution is 0.0948. The van der Waals surface area contributed by atoms with E-state index in [9.17, 15) is 4.79 Å². The minimum atomic E-state index is 0.0102. The molecule has 1 aliphatic rings. The van der Waals surface area contributed by atoms with Crippen molar-refractivity contribution in [1.29, 1.82) is 0 Å². The Hall–Kier alpha value is -3.27. The molecule has 0 saturated carbocycles. The lowest BCUT2D eigenvalue weighted by Gasteiger charge is -2.10. The van der Waals surface area contributed by atoms with E-state index in [1.165, 1.54) is 28.0 Å². The average Bonchev–Trinajstić information content (AvgIpc) is 3.21. The van der Waals surface area contributed by atoms with Crippen LogP contribution in [0.15, 0.2) is 60.8 Å². The molecule has 0 spiro atoms. The summed E-state index contributed by atoms with van der Waals surface area (Å²) in [6.07, 6.45) is 6.35. The summed E-state index contributed by atoms with van der Waals surface area (Å²) >= 11 is 0. The lowest BCUT2D eigenvalue weighted by Crippen LogP contribution is -2.25. The third-order valence-electron chi connectivity index (χ3n) is 6.29. The van der Waals surface area contributed by atoms with Gasteiger partial charge in [-0.05, 0) is 43.7 Å². The predicted molar refractivity (Wildman–Crippen MR) is 127 cm³/mol. The summed E-state index contributed by atoms with van der Waals surface area (Å²) in [5.41, 5.74) is 9.05. The first kappa shape index (κ1) is 19.7. The highest BCUT2D eigenvalue weighted by Crippen LogP contribution is 2.39. The molecule has 0 bridgehead atoms. The number of hydrogen-bond donors (Lipinski definition) is 1. The summed E-state index contributed by atoms with van der Waals surface area (Å²) < 4.78 is 4.58. The van der Waals surface area contributed by atoms with Crippen molar-refractivity contribution in [1.82, 2.24) is 14.3 Å². The van der Waals surface area contributed by atoms with Gasteiger partial charge in [-0.25, -0.2) is 0 Å². The third-order valence-corrected chi connectivity index (χ3v) is 6.29. The Bertz CT molecular complexity index is 1230. The quantitative estimate of drug-likeness (QED) is 0.439. The lowest BCUT2D eigenvalue weighted by atomic mass is 9.97. The third kappa shape index (κ3) is 3.36. The van der Waals surface area contributed by atoms with Gasteiger partial charge in [0.15, 0.2) is 0 Å². The standard InChI is InChI=1S/C27H29N3O/c1-3-16-28-26(31)25-24(21-14-12-19(2)13-15-21)22-11-7-8-17-29-23(18-30(25)27(22)29)20-9-5-4-6-10-20/h4-6,9-10,12-15,18H,3,7-8,11,16-17H2,1-2H3,(H,28,31). The van der Waals surface area contributed by atoms with Crippen molar-refractivity contribution in [3.05, 3.63) is 77.6 Å². The van der Waals surface area contributed by atoms with Crippen molar-refractivity contribution in [2.45, 2.75) is 46.1 Å². The molecular formula is C27H29N3O. The van der Waals surface area contributed by atoms with Crippen LogP contribution >= 0.6 is 0 Å². The number of rotatable bonds is 5. The summed E-state index contributed by atoms with van der Waals surface area (Å²) in [7, 11) is 0. The van der Waals surface area contributed by atoms with E-state index in [4.69, 9.17) is 0 Å².